The monoisotopic (exact) mass is 320 g/mol. The van der Waals surface area contributed by atoms with E-state index < -0.39 is 0 Å². The van der Waals surface area contributed by atoms with Crippen molar-refractivity contribution >= 4 is 5.91 Å². The molecule has 3 aromatic heterocycles. The highest BCUT2D eigenvalue weighted by atomic mass is 16.1. The minimum absolute atomic E-state index is 0.0689. The maximum absolute atomic E-state index is 12.6. The zero-order chi connectivity index (χ0) is 16.8. The first kappa shape index (κ1) is 15.9. The fourth-order valence-electron chi connectivity index (χ4n) is 2.60. The van der Waals surface area contributed by atoms with Crippen LogP contribution in [0.4, 0.5) is 0 Å². The third kappa shape index (κ3) is 3.68. The number of rotatable bonds is 6. The van der Waals surface area contributed by atoms with Crippen LogP contribution in [0.5, 0.6) is 0 Å². The Morgan fingerprint density at radius 2 is 1.71 bits per heavy atom. The van der Waals surface area contributed by atoms with Gasteiger partial charge in [0, 0.05) is 49.6 Å². The molecule has 0 aliphatic heterocycles. The van der Waals surface area contributed by atoms with Gasteiger partial charge >= 0.3 is 0 Å². The second-order valence-corrected chi connectivity index (χ2v) is 5.58. The van der Waals surface area contributed by atoms with Gasteiger partial charge in [0.2, 0.25) is 0 Å². The molecule has 0 aromatic carbocycles. The van der Waals surface area contributed by atoms with Crippen molar-refractivity contribution in [3.8, 4) is 11.1 Å². The Kier molecular flexibility index (Phi) is 5.01. The highest BCUT2D eigenvalue weighted by Gasteiger charge is 2.14. The van der Waals surface area contributed by atoms with Gasteiger partial charge in [0.05, 0.1) is 0 Å². The zero-order valence-corrected chi connectivity index (χ0v) is 13.6. The second kappa shape index (κ2) is 7.55. The number of nitrogens with one attached hydrogen (secondary N) is 1. The van der Waals surface area contributed by atoms with Gasteiger partial charge in [-0.15, -0.1) is 0 Å². The number of hydrogen-bond donors (Lipinski definition) is 1. The van der Waals surface area contributed by atoms with Crippen LogP contribution < -0.4 is 5.32 Å². The average Bonchev–Trinajstić information content (AvgIpc) is 3.06. The lowest BCUT2D eigenvalue weighted by molar-refractivity contribution is 0.0941. The van der Waals surface area contributed by atoms with Gasteiger partial charge in [-0.1, -0.05) is 6.92 Å². The summed E-state index contributed by atoms with van der Waals surface area (Å²) in [6.07, 6.45) is 9.96. The molecule has 5 nitrogen and oxygen atoms in total. The van der Waals surface area contributed by atoms with Crippen molar-refractivity contribution in [2.75, 3.05) is 0 Å². The Bertz CT molecular complexity index is 797. The van der Waals surface area contributed by atoms with E-state index >= 15 is 0 Å². The molecule has 0 aliphatic rings. The van der Waals surface area contributed by atoms with Gasteiger partial charge in [0.25, 0.3) is 5.91 Å². The summed E-state index contributed by atoms with van der Waals surface area (Å²) in [7, 11) is 0. The maximum atomic E-state index is 12.6. The van der Waals surface area contributed by atoms with Crippen LogP contribution in [0, 0.1) is 0 Å². The number of hydrogen-bond acceptors (Lipinski definition) is 3. The van der Waals surface area contributed by atoms with Gasteiger partial charge in [0.1, 0.15) is 5.69 Å². The molecule has 3 aromatic rings. The van der Waals surface area contributed by atoms with Crippen LogP contribution in [-0.4, -0.2) is 20.4 Å². The topological polar surface area (TPSA) is 59.8 Å². The predicted octanol–water partition coefficient (Wildman–Crippen LogP) is 3.29. The molecule has 3 rings (SSSR count). The number of carbonyl (C=O) groups excluding carboxylic acids is 1. The van der Waals surface area contributed by atoms with Crippen LogP contribution in [0.15, 0.2) is 61.3 Å². The molecule has 3 heterocycles. The van der Waals surface area contributed by atoms with E-state index in [9.17, 15) is 4.79 Å². The summed E-state index contributed by atoms with van der Waals surface area (Å²) in [4.78, 5) is 20.6. The van der Waals surface area contributed by atoms with Crippen molar-refractivity contribution in [3.05, 3.63) is 72.6 Å². The van der Waals surface area contributed by atoms with Gasteiger partial charge in [0.15, 0.2) is 0 Å². The van der Waals surface area contributed by atoms with E-state index in [1.807, 2.05) is 41.1 Å². The molecule has 0 aliphatic carbocycles. The van der Waals surface area contributed by atoms with E-state index in [1.54, 1.807) is 24.8 Å². The van der Waals surface area contributed by atoms with Crippen molar-refractivity contribution in [2.24, 2.45) is 0 Å². The lowest BCUT2D eigenvalue weighted by Gasteiger charge is -2.08. The summed E-state index contributed by atoms with van der Waals surface area (Å²) in [5.74, 6) is -0.0689. The number of amides is 1. The summed E-state index contributed by atoms with van der Waals surface area (Å²) in [6.45, 7) is 3.40. The lowest BCUT2D eigenvalue weighted by Crippen LogP contribution is -2.25. The maximum Gasteiger partial charge on any atom is 0.268 e. The van der Waals surface area contributed by atoms with Crippen LogP contribution >= 0.6 is 0 Å². The first-order chi connectivity index (χ1) is 11.8. The number of nitrogens with zero attached hydrogens (tertiary/aromatic N) is 3. The van der Waals surface area contributed by atoms with Gasteiger partial charge in [-0.3, -0.25) is 14.8 Å². The standard InChI is InChI=1S/C19H20N4O/c1-2-11-23-14-17(16-5-9-21-10-6-16)12-18(23)19(24)22-13-15-3-7-20-8-4-15/h3-10,12,14H,2,11,13H2,1H3,(H,22,24). The molecule has 122 valence electrons. The molecule has 1 amide bonds. The van der Waals surface area contributed by atoms with Crippen LogP contribution in [0.2, 0.25) is 0 Å². The fourth-order valence-corrected chi connectivity index (χ4v) is 2.60. The van der Waals surface area contributed by atoms with Crippen LogP contribution in [0.25, 0.3) is 11.1 Å². The Labute approximate surface area is 141 Å². The normalized spacial score (nSPS) is 10.5. The second-order valence-electron chi connectivity index (χ2n) is 5.58. The highest BCUT2D eigenvalue weighted by Crippen LogP contribution is 2.22. The number of aryl methyl sites for hydroxylation is 1. The fraction of sp³-hybridized carbons (Fsp3) is 0.211. The first-order valence-electron chi connectivity index (χ1n) is 8.05. The van der Waals surface area contributed by atoms with E-state index in [2.05, 4.69) is 22.2 Å². The zero-order valence-electron chi connectivity index (χ0n) is 13.6. The van der Waals surface area contributed by atoms with Crippen molar-refractivity contribution < 1.29 is 4.79 Å². The summed E-state index contributed by atoms with van der Waals surface area (Å²) in [5, 5.41) is 2.98. The summed E-state index contributed by atoms with van der Waals surface area (Å²) in [5.41, 5.74) is 3.79. The third-order valence-corrected chi connectivity index (χ3v) is 3.81. The van der Waals surface area contributed by atoms with Crippen molar-refractivity contribution in [1.29, 1.82) is 0 Å². The van der Waals surface area contributed by atoms with Crippen LogP contribution in [-0.2, 0) is 13.1 Å². The smallest absolute Gasteiger partial charge is 0.268 e. The third-order valence-electron chi connectivity index (χ3n) is 3.81. The van der Waals surface area contributed by atoms with Gasteiger partial charge in [-0.05, 0) is 47.9 Å². The van der Waals surface area contributed by atoms with E-state index in [1.165, 1.54) is 0 Å². The predicted molar refractivity (Wildman–Crippen MR) is 93.4 cm³/mol. The molecule has 0 saturated heterocycles. The Morgan fingerprint density at radius 3 is 2.38 bits per heavy atom. The minimum Gasteiger partial charge on any atom is -0.347 e. The van der Waals surface area contributed by atoms with Crippen molar-refractivity contribution in [2.45, 2.75) is 26.4 Å². The SMILES string of the molecule is CCCn1cc(-c2ccncc2)cc1C(=O)NCc1ccncc1. The lowest BCUT2D eigenvalue weighted by atomic mass is 10.1. The van der Waals surface area contributed by atoms with E-state index in [4.69, 9.17) is 0 Å². The highest BCUT2D eigenvalue weighted by molar-refractivity contribution is 5.94. The summed E-state index contributed by atoms with van der Waals surface area (Å²) < 4.78 is 2.01. The molecule has 0 atom stereocenters. The largest absolute Gasteiger partial charge is 0.347 e. The molecule has 24 heavy (non-hydrogen) atoms. The number of pyridine rings is 2. The van der Waals surface area contributed by atoms with E-state index in [0.717, 1.165) is 29.7 Å². The average molecular weight is 320 g/mol. The molecule has 0 fully saturated rings. The molecule has 1 N–H and O–H groups in total. The van der Waals surface area contributed by atoms with Gasteiger partial charge in [-0.25, -0.2) is 0 Å². The van der Waals surface area contributed by atoms with Crippen LogP contribution in [0.3, 0.4) is 0 Å². The summed E-state index contributed by atoms with van der Waals surface area (Å²) >= 11 is 0. The number of aromatic nitrogens is 3. The molecule has 0 radical (unpaired) electrons. The molecule has 5 heteroatoms. The van der Waals surface area contributed by atoms with Crippen LogP contribution in [0.1, 0.15) is 29.4 Å². The summed E-state index contributed by atoms with van der Waals surface area (Å²) in [6, 6.07) is 9.63. The Hall–Kier alpha value is -2.95. The van der Waals surface area contributed by atoms with Gasteiger partial charge in [-0.2, -0.15) is 0 Å². The molecular weight excluding hydrogens is 300 g/mol. The minimum atomic E-state index is -0.0689. The van der Waals surface area contributed by atoms with E-state index in [-0.39, 0.29) is 5.91 Å². The molecule has 0 bridgehead atoms. The molecular formula is C19H20N4O. The molecule has 0 spiro atoms. The number of carbonyl (C=O) groups is 1. The van der Waals surface area contributed by atoms with Gasteiger partial charge < -0.3 is 9.88 Å². The molecule has 0 saturated carbocycles. The van der Waals surface area contributed by atoms with Crippen molar-refractivity contribution in [1.82, 2.24) is 19.9 Å². The van der Waals surface area contributed by atoms with Crippen molar-refractivity contribution in [3.63, 3.8) is 0 Å². The Morgan fingerprint density at radius 1 is 1.04 bits per heavy atom. The van der Waals surface area contributed by atoms with E-state index in [0.29, 0.717) is 12.2 Å². The quantitative estimate of drug-likeness (QED) is 0.758. The first-order valence-corrected chi connectivity index (χ1v) is 8.05. The molecule has 0 unspecified atom stereocenters. The Balaban J connectivity index is 1.80.